The van der Waals surface area contributed by atoms with Gasteiger partial charge in [-0.25, -0.2) is 29.1 Å². The molecule has 7 aliphatic rings. The van der Waals surface area contributed by atoms with Gasteiger partial charge in [0, 0.05) is 48.5 Å². The van der Waals surface area contributed by atoms with E-state index in [-0.39, 0.29) is 47.2 Å². The van der Waals surface area contributed by atoms with Crippen LogP contribution < -0.4 is 5.73 Å². The molecule has 3 saturated heterocycles. The molecule has 25 heteroatoms. The highest BCUT2D eigenvalue weighted by Gasteiger charge is 2.54. The average Bonchev–Trinajstić information content (AvgIpc) is 3.91. The van der Waals surface area contributed by atoms with Gasteiger partial charge in [0.1, 0.15) is 38.0 Å². The van der Waals surface area contributed by atoms with E-state index in [1.54, 1.807) is 71.3 Å². The number of hydrazone groups is 2. The second-order valence-electron chi connectivity index (χ2n) is 20.0. The van der Waals surface area contributed by atoms with Crippen LogP contribution >= 0.6 is 0 Å². The van der Waals surface area contributed by atoms with Gasteiger partial charge in [0.05, 0.1) is 39.4 Å². The van der Waals surface area contributed by atoms with Crippen LogP contribution in [0.1, 0.15) is 107 Å². The Labute approximate surface area is 409 Å². The highest BCUT2D eigenvalue weighted by molar-refractivity contribution is 6.12. The predicted octanol–water partition coefficient (Wildman–Crippen LogP) is 5.89. The summed E-state index contributed by atoms with van der Waals surface area (Å²) in [7, 11) is 10.7. The molecule has 22 nitrogen and oxygen atoms in total. The molecule has 0 radical (unpaired) electrons. The highest BCUT2D eigenvalue weighted by Crippen LogP contribution is 2.44. The standard InChI is InChI=1S/C10H15F3N2O.C9H16N2O.C8H13NO2.C6H9NO2.C5H9NO2.C4H7N3.C3H6N4/c1-6(2)7-9(3,4)8(16)15(14-7)5-10(11,12)13;1-6(2)7-9(3,4)8(12)11(5)10-7;1-9-7(10)11-6-8(9)4-2-3-5-8;1-7-5(8)9-4-6(7)2-3-6;1-4-3-8-5(7)6(4)2;1-7-3-2-4(5)6-7;1-3-4-5-6-7(3)2/h6H,5H2,1-4H3;6H,1-5H3;2-6H2,1H3;2-4H2,1H3;4H,3H2,1-2H3;2-3H,1H3,(H2,5,6);1-2H3/t;;;;4-;;/m....0../s1. The van der Waals surface area contributed by atoms with Crippen LogP contribution in [0, 0.1) is 29.6 Å². The SMILES string of the molecule is CC(C)C1=NN(C)C(=O)C1(C)C.CC(C)C1=NN(CC(F)(F)F)C(=O)C1(C)C.CN1C(=O)OCC12CC2.CN1C(=O)OCC12CCCC2.C[C@H]1COC(=O)N1C.Cc1nnnn1C.Cn1ccc(N)n1. The Morgan fingerprint density at radius 2 is 1.23 bits per heavy atom. The number of aryl methyl sites for hydroxylation is 3. The predicted molar refractivity (Wildman–Crippen MR) is 254 cm³/mol. The minimum Gasteiger partial charge on any atom is -0.447 e. The number of carbonyl (C=O) groups excluding carboxylic acids is 5. The maximum atomic E-state index is 12.2. The van der Waals surface area contributed by atoms with E-state index in [1.165, 1.54) is 17.9 Å². The second-order valence-corrected chi connectivity index (χ2v) is 20.0. The van der Waals surface area contributed by atoms with Gasteiger partial charge >= 0.3 is 24.5 Å². The van der Waals surface area contributed by atoms with E-state index in [0.29, 0.717) is 42.3 Å². The molecule has 2 saturated carbocycles. The number of ether oxygens (including phenoxy) is 3. The van der Waals surface area contributed by atoms with Crippen molar-refractivity contribution in [3.63, 3.8) is 0 Å². The fourth-order valence-corrected chi connectivity index (χ4v) is 8.13. The Bertz CT molecular complexity index is 2160. The van der Waals surface area contributed by atoms with Crippen LogP contribution in [0.4, 0.5) is 33.4 Å². The maximum absolute atomic E-state index is 12.2. The second kappa shape index (κ2) is 23.3. The molecule has 9 rings (SSSR count). The molecule has 2 N–H and O–H groups in total. The molecule has 0 bridgehead atoms. The number of hydrogen-bond donors (Lipinski definition) is 1. The van der Waals surface area contributed by atoms with Gasteiger partial charge in [-0.1, -0.05) is 40.5 Å². The van der Waals surface area contributed by atoms with Crippen molar-refractivity contribution in [3.05, 3.63) is 18.1 Å². The molecule has 5 amide bonds. The van der Waals surface area contributed by atoms with Gasteiger partial charge in [-0.05, 0) is 95.6 Å². The zero-order valence-electron chi connectivity index (χ0n) is 43.7. The van der Waals surface area contributed by atoms with Crippen molar-refractivity contribution in [3.8, 4) is 0 Å². The highest BCUT2D eigenvalue weighted by atomic mass is 19.4. The van der Waals surface area contributed by atoms with Crippen molar-refractivity contribution in [2.75, 3.05) is 60.3 Å². The van der Waals surface area contributed by atoms with Crippen LogP contribution in [-0.2, 0) is 37.9 Å². The van der Waals surface area contributed by atoms with Crippen LogP contribution in [0.2, 0.25) is 0 Å². The van der Waals surface area contributed by atoms with E-state index in [4.69, 9.17) is 15.2 Å². The summed E-state index contributed by atoms with van der Waals surface area (Å²) in [6, 6.07) is 2.00. The first kappa shape index (κ1) is 58.3. The monoisotopic (exact) mass is 997 g/mol. The van der Waals surface area contributed by atoms with Gasteiger partial charge < -0.3 is 34.6 Å². The molecule has 1 atom stereocenters. The molecule has 2 aliphatic carbocycles. The van der Waals surface area contributed by atoms with E-state index in [2.05, 4.69) is 49.4 Å². The molecule has 0 unspecified atom stereocenters. The summed E-state index contributed by atoms with van der Waals surface area (Å²) in [6.45, 7) is 19.1. The number of anilines is 1. The Kier molecular flexibility index (Phi) is 19.4. The Hall–Kier alpha value is -6.04. The van der Waals surface area contributed by atoms with Gasteiger partial charge in [-0.2, -0.15) is 28.5 Å². The van der Waals surface area contributed by atoms with Gasteiger partial charge in [-0.3, -0.25) is 14.3 Å². The normalized spacial score (nSPS) is 21.8. The summed E-state index contributed by atoms with van der Waals surface area (Å²) in [5, 5.41) is 24.4. The lowest BCUT2D eigenvalue weighted by Gasteiger charge is -2.27. The summed E-state index contributed by atoms with van der Waals surface area (Å²) >= 11 is 0. The number of nitrogens with zero attached hydrogens (tertiary/aromatic N) is 13. The van der Waals surface area contributed by atoms with Crippen LogP contribution in [-0.4, -0.2) is 174 Å². The van der Waals surface area contributed by atoms with E-state index in [9.17, 15) is 37.1 Å². The Morgan fingerprint density at radius 3 is 1.44 bits per heavy atom. The number of halogens is 3. The third kappa shape index (κ3) is 14.7. The van der Waals surface area contributed by atoms with Crippen molar-refractivity contribution in [2.24, 2.45) is 47.0 Å². The quantitative estimate of drug-likeness (QED) is 0.354. The summed E-state index contributed by atoms with van der Waals surface area (Å²) < 4.78 is 54.4. The number of hydrogen-bond acceptors (Lipinski definition) is 15. The van der Waals surface area contributed by atoms with Gasteiger partial charge in [0.2, 0.25) is 0 Å². The summed E-state index contributed by atoms with van der Waals surface area (Å²) in [5.74, 6) is 1.20. The molecule has 0 aromatic carbocycles. The van der Waals surface area contributed by atoms with Gasteiger partial charge in [0.25, 0.3) is 11.8 Å². The van der Waals surface area contributed by atoms with Crippen molar-refractivity contribution in [1.82, 2.24) is 54.7 Å². The number of likely N-dealkylation sites (N-methyl/N-ethyl adjacent to an activating group) is 3. The van der Waals surface area contributed by atoms with E-state index in [1.807, 2.05) is 62.7 Å². The molecule has 2 aromatic rings. The minimum absolute atomic E-state index is 0.0443. The molecular weight excluding hydrogens is 922 g/mol. The first-order valence-electron chi connectivity index (χ1n) is 23.2. The summed E-state index contributed by atoms with van der Waals surface area (Å²) in [6.07, 6.45) is 3.82. The number of alkyl halides is 3. The van der Waals surface area contributed by atoms with Crippen molar-refractivity contribution in [1.29, 1.82) is 0 Å². The van der Waals surface area contributed by atoms with E-state index >= 15 is 0 Å². The Morgan fingerprint density at radius 1 is 0.743 bits per heavy atom. The van der Waals surface area contributed by atoms with Crippen molar-refractivity contribution in [2.45, 2.75) is 131 Å². The van der Waals surface area contributed by atoms with Crippen molar-refractivity contribution >= 4 is 47.3 Å². The first-order chi connectivity index (χ1) is 32.2. The zero-order valence-corrected chi connectivity index (χ0v) is 43.7. The summed E-state index contributed by atoms with van der Waals surface area (Å²) in [4.78, 5) is 60.6. The minimum atomic E-state index is -4.42. The lowest BCUT2D eigenvalue weighted by Crippen LogP contribution is -2.41. The smallest absolute Gasteiger partial charge is 0.410 e. The van der Waals surface area contributed by atoms with Crippen LogP contribution in [0.5, 0.6) is 0 Å². The van der Waals surface area contributed by atoms with E-state index < -0.39 is 29.5 Å². The summed E-state index contributed by atoms with van der Waals surface area (Å²) in [5.41, 5.74) is 5.62. The lowest BCUT2D eigenvalue weighted by molar-refractivity contribution is -0.162. The third-order valence-corrected chi connectivity index (χ3v) is 13.0. The fourth-order valence-electron chi connectivity index (χ4n) is 8.13. The molecule has 2 spiro atoms. The number of nitrogens with two attached hydrogens (primary N) is 1. The largest absolute Gasteiger partial charge is 0.447 e. The number of aromatic nitrogens is 6. The third-order valence-electron chi connectivity index (χ3n) is 13.0. The Balaban J connectivity index is 0.000000220. The molecular formula is C45H75F3N14O8. The number of carbonyl (C=O) groups is 5. The molecule has 5 aliphatic heterocycles. The van der Waals surface area contributed by atoms with Gasteiger partial charge in [0.15, 0.2) is 0 Å². The average molecular weight is 997 g/mol. The fraction of sp³-hybridized carbons (Fsp3) is 0.756. The van der Waals surface area contributed by atoms with Crippen LogP contribution in [0.25, 0.3) is 0 Å². The molecule has 394 valence electrons. The number of nitrogen functional groups attached to an aromatic ring is 1. The molecule has 70 heavy (non-hydrogen) atoms. The van der Waals surface area contributed by atoms with E-state index in [0.717, 1.165) is 37.2 Å². The molecule has 5 fully saturated rings. The number of cyclic esters (lactones) is 3. The first-order valence-corrected chi connectivity index (χ1v) is 23.2. The number of tetrazole rings is 1. The topological polar surface area (TPSA) is 241 Å². The zero-order chi connectivity index (χ0) is 53.3. The molecule has 7 heterocycles. The van der Waals surface area contributed by atoms with Crippen LogP contribution in [0.15, 0.2) is 22.5 Å². The van der Waals surface area contributed by atoms with Crippen LogP contribution in [0.3, 0.4) is 0 Å². The number of amides is 5. The maximum Gasteiger partial charge on any atom is 0.410 e. The van der Waals surface area contributed by atoms with Crippen molar-refractivity contribution < 1.29 is 51.4 Å². The lowest BCUT2D eigenvalue weighted by atomic mass is 9.82. The van der Waals surface area contributed by atoms with Gasteiger partial charge in [-0.15, -0.1) is 5.10 Å². The number of rotatable bonds is 3. The molecule has 2 aromatic heterocycles.